The first-order valence-electron chi connectivity index (χ1n) is 5.24. The minimum absolute atomic E-state index is 0.284. The van der Waals surface area contributed by atoms with Crippen molar-refractivity contribution >= 4 is 15.9 Å². The van der Waals surface area contributed by atoms with Gasteiger partial charge >= 0.3 is 0 Å². The molecular weight excluding hydrogens is 275 g/mol. The molecule has 0 unspecified atom stereocenters. The molecule has 0 spiro atoms. The van der Waals surface area contributed by atoms with Crippen molar-refractivity contribution < 1.29 is 9.23 Å². The quantitative estimate of drug-likeness (QED) is 0.807. The van der Waals surface area contributed by atoms with E-state index in [4.69, 9.17) is 4.84 Å². The average Bonchev–Trinajstić information content (AvgIpc) is 2.26. The summed E-state index contributed by atoms with van der Waals surface area (Å²) in [6, 6.07) is 1.75. The summed E-state index contributed by atoms with van der Waals surface area (Å²) in [4.78, 5) is 8.97. The van der Waals surface area contributed by atoms with Crippen LogP contribution in [-0.2, 0) is 10.4 Å². The third kappa shape index (κ3) is 1.99. The summed E-state index contributed by atoms with van der Waals surface area (Å²) in [5.74, 6) is -0.164. The van der Waals surface area contributed by atoms with Crippen molar-refractivity contribution in [2.75, 3.05) is 6.61 Å². The second-order valence-corrected chi connectivity index (χ2v) is 5.25. The maximum absolute atomic E-state index is 13.7. The molecule has 1 fully saturated rings. The van der Waals surface area contributed by atoms with Crippen molar-refractivity contribution in [3.8, 4) is 0 Å². The number of pyridine rings is 1. The molecule has 2 heterocycles. The van der Waals surface area contributed by atoms with E-state index in [1.54, 1.807) is 6.07 Å². The molecule has 16 heavy (non-hydrogen) atoms. The lowest BCUT2D eigenvalue weighted by atomic mass is 9.79. The lowest BCUT2D eigenvalue weighted by Crippen LogP contribution is -2.49. The molecule has 0 amide bonds. The molecule has 0 aromatic carbocycles. The van der Waals surface area contributed by atoms with Gasteiger partial charge in [-0.2, -0.15) is 9.87 Å². The molecule has 0 aliphatic carbocycles. The Morgan fingerprint density at radius 1 is 1.69 bits per heavy atom. The van der Waals surface area contributed by atoms with Crippen LogP contribution in [-0.4, -0.2) is 11.6 Å². The minimum atomic E-state index is -0.529. The SMILES string of the molecule is C[C@H]1CCON[C@@]1(C)c1cc(Br)cnc1F. The molecule has 1 aliphatic heterocycles. The second-order valence-electron chi connectivity index (χ2n) is 4.33. The highest BCUT2D eigenvalue weighted by Gasteiger charge is 2.38. The minimum Gasteiger partial charge on any atom is -0.301 e. The van der Waals surface area contributed by atoms with Crippen LogP contribution >= 0.6 is 15.9 Å². The van der Waals surface area contributed by atoms with E-state index in [-0.39, 0.29) is 5.92 Å². The van der Waals surface area contributed by atoms with Gasteiger partial charge in [0.1, 0.15) is 0 Å². The normalized spacial score (nSPS) is 30.4. The fraction of sp³-hybridized carbons (Fsp3) is 0.545. The van der Waals surface area contributed by atoms with Gasteiger partial charge in [0.05, 0.1) is 12.1 Å². The summed E-state index contributed by atoms with van der Waals surface area (Å²) < 4.78 is 14.5. The fourth-order valence-electron chi connectivity index (χ4n) is 1.93. The lowest BCUT2D eigenvalue weighted by Gasteiger charge is -2.40. The van der Waals surface area contributed by atoms with Gasteiger partial charge in [0.2, 0.25) is 5.95 Å². The van der Waals surface area contributed by atoms with Crippen LogP contribution in [0.15, 0.2) is 16.7 Å². The maximum atomic E-state index is 13.7. The first kappa shape index (κ1) is 12.0. The van der Waals surface area contributed by atoms with E-state index in [9.17, 15) is 4.39 Å². The third-order valence-corrected chi connectivity index (χ3v) is 3.72. The number of aromatic nitrogens is 1. The van der Waals surface area contributed by atoms with Crippen molar-refractivity contribution in [3.05, 3.63) is 28.2 Å². The van der Waals surface area contributed by atoms with Crippen LogP contribution in [0.1, 0.15) is 25.8 Å². The van der Waals surface area contributed by atoms with Gasteiger partial charge in [-0.1, -0.05) is 6.92 Å². The molecular formula is C11H14BrFN2O. The summed E-state index contributed by atoms with van der Waals surface area (Å²) in [5, 5.41) is 0. The Bertz CT molecular complexity index is 402. The van der Waals surface area contributed by atoms with Crippen LogP contribution < -0.4 is 5.48 Å². The zero-order valence-electron chi connectivity index (χ0n) is 9.26. The largest absolute Gasteiger partial charge is 0.301 e. The van der Waals surface area contributed by atoms with Gasteiger partial charge in [0.25, 0.3) is 0 Å². The smallest absolute Gasteiger partial charge is 0.218 e. The van der Waals surface area contributed by atoms with Crippen LogP contribution in [0, 0.1) is 11.9 Å². The van der Waals surface area contributed by atoms with E-state index >= 15 is 0 Å². The number of nitrogens with one attached hydrogen (secondary N) is 1. The van der Waals surface area contributed by atoms with Gasteiger partial charge in [-0.05, 0) is 41.3 Å². The molecule has 1 saturated heterocycles. The van der Waals surface area contributed by atoms with Gasteiger partial charge in [0, 0.05) is 16.2 Å². The van der Waals surface area contributed by atoms with Gasteiger partial charge in [0.15, 0.2) is 0 Å². The molecule has 0 saturated carbocycles. The molecule has 2 rings (SSSR count). The third-order valence-electron chi connectivity index (χ3n) is 3.29. The predicted octanol–water partition coefficient (Wildman–Crippen LogP) is 2.76. The predicted molar refractivity (Wildman–Crippen MR) is 62.1 cm³/mol. The highest BCUT2D eigenvalue weighted by molar-refractivity contribution is 9.10. The van der Waals surface area contributed by atoms with E-state index in [1.165, 1.54) is 6.20 Å². The Balaban J connectivity index is 2.44. The second kappa shape index (κ2) is 4.39. The summed E-state index contributed by atoms with van der Waals surface area (Å²) in [5.41, 5.74) is 2.94. The first-order chi connectivity index (χ1) is 7.54. The summed E-state index contributed by atoms with van der Waals surface area (Å²) in [6.45, 7) is 4.67. The van der Waals surface area contributed by atoms with Gasteiger partial charge in [-0.15, -0.1) is 0 Å². The Morgan fingerprint density at radius 2 is 2.44 bits per heavy atom. The molecule has 1 aromatic rings. The van der Waals surface area contributed by atoms with Crippen molar-refractivity contribution in [1.82, 2.24) is 10.5 Å². The van der Waals surface area contributed by atoms with Gasteiger partial charge in [-0.3, -0.25) is 0 Å². The maximum Gasteiger partial charge on any atom is 0.218 e. The average molecular weight is 289 g/mol. The van der Waals surface area contributed by atoms with Crippen LogP contribution in [0.3, 0.4) is 0 Å². The molecule has 2 atom stereocenters. The number of hydroxylamine groups is 1. The summed E-state index contributed by atoms with van der Waals surface area (Å²) >= 11 is 3.31. The summed E-state index contributed by atoms with van der Waals surface area (Å²) in [7, 11) is 0. The molecule has 0 radical (unpaired) electrons. The van der Waals surface area contributed by atoms with E-state index in [2.05, 4.69) is 33.3 Å². The molecule has 5 heteroatoms. The van der Waals surface area contributed by atoms with Crippen molar-refractivity contribution in [1.29, 1.82) is 0 Å². The number of hydrogen-bond donors (Lipinski definition) is 1. The molecule has 1 N–H and O–H groups in total. The number of nitrogens with zero attached hydrogens (tertiary/aromatic N) is 1. The van der Waals surface area contributed by atoms with E-state index < -0.39 is 11.5 Å². The zero-order valence-corrected chi connectivity index (χ0v) is 10.8. The van der Waals surface area contributed by atoms with E-state index in [0.29, 0.717) is 12.2 Å². The number of rotatable bonds is 1. The Labute approximate surface area is 102 Å². The van der Waals surface area contributed by atoms with Crippen LogP contribution in [0.5, 0.6) is 0 Å². The fourth-order valence-corrected chi connectivity index (χ4v) is 2.26. The molecule has 1 aromatic heterocycles. The van der Waals surface area contributed by atoms with E-state index in [1.807, 2.05) is 6.92 Å². The van der Waals surface area contributed by atoms with E-state index in [0.717, 1.165) is 10.9 Å². The van der Waals surface area contributed by atoms with Crippen molar-refractivity contribution in [2.45, 2.75) is 25.8 Å². The zero-order chi connectivity index (χ0) is 11.8. The first-order valence-corrected chi connectivity index (χ1v) is 6.04. The summed E-state index contributed by atoms with van der Waals surface area (Å²) in [6.07, 6.45) is 2.35. The highest BCUT2D eigenvalue weighted by atomic mass is 79.9. The van der Waals surface area contributed by atoms with Crippen LogP contribution in [0.2, 0.25) is 0 Å². The standard InChI is InChI=1S/C11H14BrFN2O/c1-7-3-4-16-15-11(7,2)9-5-8(12)6-14-10(9)13/h5-7,15H,3-4H2,1-2H3/t7-,11+/m0/s1. The molecule has 3 nitrogen and oxygen atoms in total. The topological polar surface area (TPSA) is 34.1 Å². The lowest BCUT2D eigenvalue weighted by molar-refractivity contribution is -0.0883. The van der Waals surface area contributed by atoms with Crippen LogP contribution in [0.25, 0.3) is 0 Å². The molecule has 88 valence electrons. The molecule has 0 bridgehead atoms. The van der Waals surface area contributed by atoms with Gasteiger partial charge < -0.3 is 4.84 Å². The Morgan fingerprint density at radius 3 is 3.12 bits per heavy atom. The Hall–Kier alpha value is -0.520. The Kier molecular flexibility index (Phi) is 3.28. The molecule has 1 aliphatic rings. The van der Waals surface area contributed by atoms with Crippen LogP contribution in [0.4, 0.5) is 4.39 Å². The highest BCUT2D eigenvalue weighted by Crippen LogP contribution is 2.35. The van der Waals surface area contributed by atoms with Crippen molar-refractivity contribution in [2.24, 2.45) is 5.92 Å². The number of halogens is 2. The monoisotopic (exact) mass is 288 g/mol. The van der Waals surface area contributed by atoms with Gasteiger partial charge in [-0.25, -0.2) is 4.98 Å². The number of hydrogen-bond acceptors (Lipinski definition) is 3. The van der Waals surface area contributed by atoms with Crippen molar-refractivity contribution in [3.63, 3.8) is 0 Å².